The maximum absolute atomic E-state index is 12.7. The molecule has 0 spiro atoms. The summed E-state index contributed by atoms with van der Waals surface area (Å²) in [5.41, 5.74) is 2.31. The molecule has 2 aromatic rings. The van der Waals surface area contributed by atoms with Crippen LogP contribution in [-0.4, -0.2) is 55.5 Å². The molecule has 0 radical (unpaired) electrons. The third-order valence-corrected chi connectivity index (χ3v) is 4.85. The zero-order valence-electron chi connectivity index (χ0n) is 18.9. The molecule has 0 unspecified atom stereocenters. The molecule has 0 aliphatic heterocycles. The van der Waals surface area contributed by atoms with Crippen molar-refractivity contribution < 1.29 is 33.6 Å². The molecule has 0 fully saturated rings. The summed E-state index contributed by atoms with van der Waals surface area (Å²) in [7, 11) is 0. The molecule has 2 atom stereocenters. The average Bonchev–Trinajstić information content (AvgIpc) is 2.82. The van der Waals surface area contributed by atoms with Crippen molar-refractivity contribution in [2.24, 2.45) is 0 Å². The summed E-state index contributed by atoms with van der Waals surface area (Å²) in [6.45, 7) is 4.25. The first-order valence-electron chi connectivity index (χ1n) is 10.7. The van der Waals surface area contributed by atoms with Gasteiger partial charge in [-0.1, -0.05) is 29.8 Å². The monoisotopic (exact) mass is 477 g/mol. The minimum atomic E-state index is -0.803. The number of rotatable bonds is 13. The number of carbonyl (C=O) groups is 2. The van der Waals surface area contributed by atoms with E-state index in [1.165, 1.54) is 0 Å². The van der Waals surface area contributed by atoms with Gasteiger partial charge in [-0.15, -0.1) is 0 Å². The molecule has 2 aromatic carbocycles. The maximum atomic E-state index is 12.7. The third-order valence-electron chi connectivity index (χ3n) is 4.59. The lowest BCUT2D eigenvalue weighted by atomic mass is 10.0. The van der Waals surface area contributed by atoms with Crippen molar-refractivity contribution in [3.8, 4) is 5.75 Å². The SMILES string of the molecule is CCO[C@H](CCOC(=O)CS)[C@H](OC(=O)Nc1ccc(C)cc1)c1cccc(OCCO)c1. The molecular weight excluding hydrogens is 446 g/mol. The quantitative estimate of drug-likeness (QED) is 0.297. The molecular formula is C24H31NO7S. The highest BCUT2D eigenvalue weighted by atomic mass is 32.1. The van der Waals surface area contributed by atoms with Crippen LogP contribution in [0.5, 0.6) is 5.75 Å². The predicted molar refractivity (Wildman–Crippen MR) is 128 cm³/mol. The second-order valence-corrected chi connectivity index (χ2v) is 7.44. The van der Waals surface area contributed by atoms with Crippen LogP contribution in [0.4, 0.5) is 10.5 Å². The second kappa shape index (κ2) is 14.4. The standard InChI is InChI=1S/C24H31NO7S/c1-3-29-21(11-13-31-22(27)16-33)23(18-5-4-6-20(15-18)30-14-12-26)32-24(28)25-19-9-7-17(2)8-10-19/h4-10,15,21,23,26,33H,3,11-14,16H2,1-2H3,(H,25,28)/t21-,23-/m1/s1. The van der Waals surface area contributed by atoms with E-state index in [1.807, 2.05) is 26.0 Å². The molecule has 0 saturated carbocycles. The van der Waals surface area contributed by atoms with Gasteiger partial charge in [0.25, 0.3) is 0 Å². The highest BCUT2D eigenvalue weighted by Crippen LogP contribution is 2.29. The second-order valence-electron chi connectivity index (χ2n) is 7.12. The number of aryl methyl sites for hydroxylation is 1. The zero-order chi connectivity index (χ0) is 24.1. The third kappa shape index (κ3) is 9.33. The fraction of sp³-hybridized carbons (Fsp3) is 0.417. The number of thiol groups is 1. The minimum Gasteiger partial charge on any atom is -0.491 e. The van der Waals surface area contributed by atoms with E-state index in [4.69, 9.17) is 24.1 Å². The van der Waals surface area contributed by atoms with E-state index in [0.717, 1.165) is 5.56 Å². The van der Waals surface area contributed by atoms with E-state index < -0.39 is 24.3 Å². The summed E-state index contributed by atoms with van der Waals surface area (Å²) in [6.07, 6.45) is -1.73. The fourth-order valence-corrected chi connectivity index (χ4v) is 3.16. The van der Waals surface area contributed by atoms with Crippen molar-refractivity contribution in [1.82, 2.24) is 0 Å². The number of hydrogen-bond donors (Lipinski definition) is 3. The molecule has 8 nitrogen and oxygen atoms in total. The Bertz CT molecular complexity index is 875. The van der Waals surface area contributed by atoms with E-state index in [-0.39, 0.29) is 25.6 Å². The van der Waals surface area contributed by atoms with Gasteiger partial charge in [-0.2, -0.15) is 12.6 Å². The molecule has 0 aromatic heterocycles. The van der Waals surface area contributed by atoms with Gasteiger partial charge in [-0.25, -0.2) is 4.79 Å². The van der Waals surface area contributed by atoms with Gasteiger partial charge in [0.2, 0.25) is 0 Å². The molecule has 9 heteroatoms. The number of hydrogen-bond acceptors (Lipinski definition) is 8. The lowest BCUT2D eigenvalue weighted by molar-refractivity contribution is -0.142. The first kappa shape index (κ1) is 26.5. The van der Waals surface area contributed by atoms with E-state index in [9.17, 15) is 9.59 Å². The Morgan fingerprint density at radius 2 is 1.88 bits per heavy atom. The van der Waals surface area contributed by atoms with Gasteiger partial charge in [-0.3, -0.25) is 10.1 Å². The lowest BCUT2D eigenvalue weighted by Crippen LogP contribution is -2.30. The van der Waals surface area contributed by atoms with Crippen molar-refractivity contribution in [3.63, 3.8) is 0 Å². The number of aliphatic hydroxyl groups is 1. The van der Waals surface area contributed by atoms with Crippen LogP contribution in [0.15, 0.2) is 48.5 Å². The van der Waals surface area contributed by atoms with Crippen LogP contribution in [0.2, 0.25) is 0 Å². The molecule has 1 amide bonds. The van der Waals surface area contributed by atoms with Crippen molar-refractivity contribution in [3.05, 3.63) is 59.7 Å². The summed E-state index contributed by atoms with van der Waals surface area (Å²) in [5, 5.41) is 11.8. The maximum Gasteiger partial charge on any atom is 0.412 e. The highest BCUT2D eigenvalue weighted by molar-refractivity contribution is 7.81. The smallest absolute Gasteiger partial charge is 0.412 e. The minimum absolute atomic E-state index is 0.0254. The van der Waals surface area contributed by atoms with Crippen LogP contribution in [0.3, 0.4) is 0 Å². The van der Waals surface area contributed by atoms with Crippen LogP contribution in [0, 0.1) is 6.92 Å². The first-order chi connectivity index (χ1) is 16.0. The molecule has 0 aliphatic rings. The molecule has 2 rings (SSSR count). The number of amides is 1. The van der Waals surface area contributed by atoms with Gasteiger partial charge in [-0.05, 0) is 43.7 Å². The normalized spacial score (nSPS) is 12.5. The largest absolute Gasteiger partial charge is 0.491 e. The van der Waals surface area contributed by atoms with Gasteiger partial charge in [0, 0.05) is 18.7 Å². The Kier molecular flexibility index (Phi) is 11.6. The van der Waals surface area contributed by atoms with Crippen LogP contribution < -0.4 is 10.1 Å². The first-order valence-corrected chi connectivity index (χ1v) is 11.4. The van der Waals surface area contributed by atoms with Crippen molar-refractivity contribution in [1.29, 1.82) is 0 Å². The molecule has 0 heterocycles. The van der Waals surface area contributed by atoms with Crippen LogP contribution in [0.25, 0.3) is 0 Å². The molecule has 0 saturated heterocycles. The number of nitrogens with one attached hydrogen (secondary N) is 1. The Labute approximate surface area is 199 Å². The number of anilines is 1. The van der Waals surface area contributed by atoms with Crippen LogP contribution >= 0.6 is 12.6 Å². The van der Waals surface area contributed by atoms with E-state index in [0.29, 0.717) is 30.0 Å². The number of esters is 1. The van der Waals surface area contributed by atoms with E-state index in [1.54, 1.807) is 36.4 Å². The number of ether oxygens (including phenoxy) is 4. The van der Waals surface area contributed by atoms with Gasteiger partial charge < -0.3 is 24.1 Å². The lowest BCUT2D eigenvalue weighted by Gasteiger charge is -2.27. The molecule has 0 bridgehead atoms. The molecule has 2 N–H and O–H groups in total. The number of benzene rings is 2. The summed E-state index contributed by atoms with van der Waals surface area (Å²) in [6, 6.07) is 14.4. The predicted octanol–water partition coefficient (Wildman–Crippen LogP) is 3.92. The van der Waals surface area contributed by atoms with Gasteiger partial charge in [0.05, 0.1) is 19.0 Å². The number of aliphatic hydroxyl groups excluding tert-OH is 1. The topological polar surface area (TPSA) is 103 Å². The van der Waals surface area contributed by atoms with Gasteiger partial charge >= 0.3 is 12.1 Å². The van der Waals surface area contributed by atoms with Gasteiger partial charge in [0.1, 0.15) is 18.5 Å². The molecule has 180 valence electrons. The van der Waals surface area contributed by atoms with Crippen LogP contribution in [-0.2, 0) is 19.0 Å². The Hall–Kier alpha value is -2.75. The Morgan fingerprint density at radius 1 is 1.12 bits per heavy atom. The Balaban J connectivity index is 2.23. The van der Waals surface area contributed by atoms with Crippen molar-refractivity contribution in [2.45, 2.75) is 32.5 Å². The summed E-state index contributed by atoms with van der Waals surface area (Å²) >= 11 is 3.90. The average molecular weight is 478 g/mol. The van der Waals surface area contributed by atoms with Gasteiger partial charge in [0.15, 0.2) is 6.10 Å². The Morgan fingerprint density at radius 3 is 2.55 bits per heavy atom. The summed E-state index contributed by atoms with van der Waals surface area (Å²) < 4.78 is 22.3. The molecule has 0 aliphatic carbocycles. The van der Waals surface area contributed by atoms with E-state index >= 15 is 0 Å². The van der Waals surface area contributed by atoms with Crippen molar-refractivity contribution in [2.75, 3.05) is 37.5 Å². The van der Waals surface area contributed by atoms with E-state index in [2.05, 4.69) is 17.9 Å². The zero-order valence-corrected chi connectivity index (χ0v) is 19.8. The summed E-state index contributed by atoms with van der Waals surface area (Å²) in [5.74, 6) is 0.0519. The van der Waals surface area contributed by atoms with Crippen molar-refractivity contribution >= 4 is 30.4 Å². The number of carbonyl (C=O) groups excluding carboxylic acids is 2. The highest BCUT2D eigenvalue weighted by Gasteiger charge is 2.28. The van der Waals surface area contributed by atoms with Crippen LogP contribution in [0.1, 0.15) is 30.6 Å². The summed E-state index contributed by atoms with van der Waals surface area (Å²) in [4.78, 5) is 24.2. The molecule has 33 heavy (non-hydrogen) atoms. The fourth-order valence-electron chi connectivity index (χ4n) is 3.07.